The Bertz CT molecular complexity index is 1790. The van der Waals surface area contributed by atoms with Gasteiger partial charge in [-0.3, -0.25) is 0 Å². The highest BCUT2D eigenvalue weighted by atomic mass is 16.5. The van der Waals surface area contributed by atoms with Crippen molar-refractivity contribution in [1.29, 1.82) is 0 Å². The predicted octanol–water partition coefficient (Wildman–Crippen LogP) is 6.83. The molecule has 0 spiro atoms. The van der Waals surface area contributed by atoms with E-state index < -0.39 is 0 Å². The maximum absolute atomic E-state index is 6.28. The number of pyridine rings is 1. The van der Waals surface area contributed by atoms with E-state index in [4.69, 9.17) is 18.9 Å². The quantitative estimate of drug-likeness (QED) is 0.189. The molecule has 8 heteroatoms. The van der Waals surface area contributed by atoms with Gasteiger partial charge in [-0.25, -0.2) is 4.98 Å². The van der Waals surface area contributed by atoms with Gasteiger partial charge in [-0.15, -0.1) is 10.2 Å². The summed E-state index contributed by atoms with van der Waals surface area (Å²) >= 11 is 0. The zero-order valence-corrected chi connectivity index (χ0v) is 22.8. The first-order chi connectivity index (χ1) is 20.2. The van der Waals surface area contributed by atoms with E-state index in [9.17, 15) is 0 Å². The molecule has 204 valence electrons. The zero-order valence-electron chi connectivity index (χ0n) is 22.8. The standard InChI is InChI=1S/C33H28N4O4/c1-38-18-19-40-31-21-28-27(20-30(31)39-2)29(16-17-34-28)41-24-14-12-23(13-15-24)35-33-26-11-7-6-10-25(26)32(36-37-33)22-8-4-3-5-9-22/h3-17,20-21H,18-19H2,1-2H3,(H,35,37)/p+1. The third-order valence-electron chi connectivity index (χ3n) is 6.67. The minimum absolute atomic E-state index is 0.424. The number of benzene rings is 4. The van der Waals surface area contributed by atoms with Gasteiger partial charge in [0.15, 0.2) is 23.5 Å². The maximum Gasteiger partial charge on any atom is 0.218 e. The molecule has 0 aliphatic heterocycles. The van der Waals surface area contributed by atoms with Gasteiger partial charge >= 0.3 is 0 Å². The number of rotatable bonds is 10. The average Bonchev–Trinajstić information content (AvgIpc) is 3.02. The van der Waals surface area contributed by atoms with E-state index in [-0.39, 0.29) is 0 Å². The number of ether oxygens (including phenoxy) is 4. The molecule has 0 fully saturated rings. The van der Waals surface area contributed by atoms with Gasteiger partial charge in [0.1, 0.15) is 23.8 Å². The van der Waals surface area contributed by atoms with Crippen LogP contribution in [0.4, 0.5) is 11.5 Å². The van der Waals surface area contributed by atoms with E-state index in [1.54, 1.807) is 14.2 Å². The zero-order chi connectivity index (χ0) is 28.0. The van der Waals surface area contributed by atoms with Crippen LogP contribution in [0.2, 0.25) is 0 Å². The molecule has 0 radical (unpaired) electrons. The smallest absolute Gasteiger partial charge is 0.218 e. The summed E-state index contributed by atoms with van der Waals surface area (Å²) in [5.74, 6) is 3.32. The van der Waals surface area contributed by atoms with Crippen molar-refractivity contribution in [3.8, 4) is 34.3 Å². The third-order valence-corrected chi connectivity index (χ3v) is 6.67. The van der Waals surface area contributed by atoms with Crippen molar-refractivity contribution in [2.45, 2.75) is 0 Å². The topological polar surface area (TPSA) is 88.9 Å². The number of methoxy groups -OCH3 is 2. The Kier molecular flexibility index (Phi) is 7.55. The minimum atomic E-state index is 0.424. The molecule has 8 nitrogen and oxygen atoms in total. The van der Waals surface area contributed by atoms with Crippen LogP contribution in [-0.2, 0) is 4.74 Å². The van der Waals surface area contributed by atoms with E-state index >= 15 is 0 Å². The molecule has 0 saturated heterocycles. The van der Waals surface area contributed by atoms with Gasteiger partial charge in [-0.05, 0) is 24.3 Å². The highest BCUT2D eigenvalue weighted by molar-refractivity contribution is 6.00. The fraction of sp³-hybridized carbons (Fsp3) is 0.121. The fourth-order valence-electron chi connectivity index (χ4n) is 4.65. The van der Waals surface area contributed by atoms with E-state index in [1.807, 2.05) is 91.1 Å². The average molecular weight is 546 g/mol. The lowest BCUT2D eigenvalue weighted by Gasteiger charge is -2.13. The van der Waals surface area contributed by atoms with Crippen molar-refractivity contribution in [1.82, 2.24) is 10.2 Å². The second-order valence-corrected chi connectivity index (χ2v) is 9.29. The molecule has 6 aromatic rings. The van der Waals surface area contributed by atoms with Crippen molar-refractivity contribution in [2.24, 2.45) is 0 Å². The van der Waals surface area contributed by atoms with Gasteiger partial charge in [0.25, 0.3) is 0 Å². The fourth-order valence-corrected chi connectivity index (χ4v) is 4.65. The summed E-state index contributed by atoms with van der Waals surface area (Å²) in [6, 6.07) is 31.7. The summed E-state index contributed by atoms with van der Waals surface area (Å²) in [4.78, 5) is 3.25. The predicted molar refractivity (Wildman–Crippen MR) is 159 cm³/mol. The summed E-state index contributed by atoms with van der Waals surface area (Å²) in [6.45, 7) is 0.911. The molecule has 41 heavy (non-hydrogen) atoms. The number of aromatic nitrogens is 3. The van der Waals surface area contributed by atoms with Crippen LogP contribution < -0.4 is 24.5 Å². The van der Waals surface area contributed by atoms with Gasteiger partial charge in [0.05, 0.1) is 25.2 Å². The lowest BCUT2D eigenvalue weighted by molar-refractivity contribution is -0.344. The summed E-state index contributed by atoms with van der Waals surface area (Å²) < 4.78 is 22.8. The monoisotopic (exact) mass is 545 g/mol. The number of nitrogens with zero attached hydrogens (tertiary/aromatic N) is 2. The Morgan fingerprint density at radius 1 is 0.707 bits per heavy atom. The molecular formula is C33H29N4O4+. The molecule has 2 N–H and O–H groups in total. The minimum Gasteiger partial charge on any atom is -0.493 e. The number of hydrogen-bond acceptors (Lipinski definition) is 7. The normalized spacial score (nSPS) is 11.0. The lowest BCUT2D eigenvalue weighted by atomic mass is 10.0. The molecule has 0 aliphatic carbocycles. The summed E-state index contributed by atoms with van der Waals surface area (Å²) in [5, 5.41) is 15.4. The van der Waals surface area contributed by atoms with Gasteiger partial charge < -0.3 is 24.3 Å². The first-order valence-electron chi connectivity index (χ1n) is 13.2. The number of hydrogen-bond donors (Lipinski definition) is 1. The number of anilines is 2. The molecule has 4 aromatic carbocycles. The molecule has 0 saturated carbocycles. The van der Waals surface area contributed by atoms with Crippen LogP contribution in [0.3, 0.4) is 0 Å². The number of H-pyrrole nitrogens is 1. The van der Waals surface area contributed by atoms with Crippen molar-refractivity contribution in [2.75, 3.05) is 32.8 Å². The van der Waals surface area contributed by atoms with Gasteiger partial charge in [0, 0.05) is 41.3 Å². The molecule has 0 unspecified atom stereocenters. The largest absolute Gasteiger partial charge is 0.493 e. The first kappa shape index (κ1) is 26.0. The Balaban J connectivity index is 1.23. The van der Waals surface area contributed by atoms with E-state index in [2.05, 4.69) is 32.6 Å². The molecule has 2 heterocycles. The van der Waals surface area contributed by atoms with Crippen LogP contribution in [0, 0.1) is 0 Å². The number of fused-ring (bicyclic) bond motifs is 2. The van der Waals surface area contributed by atoms with E-state index in [0.29, 0.717) is 42.0 Å². The highest BCUT2D eigenvalue weighted by Gasteiger charge is 2.16. The molecule has 0 bridgehead atoms. The molecular weight excluding hydrogens is 516 g/mol. The maximum atomic E-state index is 6.28. The highest BCUT2D eigenvalue weighted by Crippen LogP contribution is 2.37. The van der Waals surface area contributed by atoms with E-state index in [0.717, 1.165) is 38.6 Å². The third kappa shape index (κ3) is 5.59. The first-order valence-corrected chi connectivity index (χ1v) is 13.2. The summed E-state index contributed by atoms with van der Waals surface area (Å²) in [6.07, 6.45) is 1.84. The lowest BCUT2D eigenvalue weighted by Crippen LogP contribution is -2.08. The van der Waals surface area contributed by atoms with Gasteiger partial charge in [-0.1, -0.05) is 54.6 Å². The van der Waals surface area contributed by atoms with Crippen molar-refractivity contribution >= 4 is 33.2 Å². The number of nitrogens with one attached hydrogen (secondary N) is 2. The molecule has 0 atom stereocenters. The summed E-state index contributed by atoms with van der Waals surface area (Å²) in [7, 11) is 3.26. The van der Waals surface area contributed by atoms with Crippen LogP contribution >= 0.6 is 0 Å². The Morgan fingerprint density at radius 2 is 1.49 bits per heavy atom. The SMILES string of the molecule is COCCOc1cc2[nH+]ccc(Oc3ccc(Nc4nnc(-c5ccccc5)c5ccccc45)cc3)c2cc1OC. The second-order valence-electron chi connectivity index (χ2n) is 9.29. The van der Waals surface area contributed by atoms with Crippen LogP contribution in [-0.4, -0.2) is 37.6 Å². The van der Waals surface area contributed by atoms with Crippen molar-refractivity contribution in [3.05, 3.63) is 103 Å². The van der Waals surface area contributed by atoms with E-state index in [1.165, 1.54) is 0 Å². The van der Waals surface area contributed by atoms with Crippen LogP contribution in [0.1, 0.15) is 0 Å². The number of aromatic amines is 1. The summed E-state index contributed by atoms with van der Waals surface area (Å²) in [5.41, 5.74) is 3.62. The van der Waals surface area contributed by atoms with Crippen molar-refractivity contribution in [3.63, 3.8) is 0 Å². The van der Waals surface area contributed by atoms with Crippen LogP contribution in [0.5, 0.6) is 23.0 Å². The second kappa shape index (κ2) is 11.9. The van der Waals surface area contributed by atoms with Gasteiger partial charge in [-0.2, -0.15) is 0 Å². The molecule has 0 aliphatic rings. The van der Waals surface area contributed by atoms with Crippen molar-refractivity contribution < 1.29 is 23.9 Å². The molecule has 2 aromatic heterocycles. The Hall–Kier alpha value is -5.21. The van der Waals surface area contributed by atoms with Crippen LogP contribution in [0.15, 0.2) is 103 Å². The van der Waals surface area contributed by atoms with Crippen LogP contribution in [0.25, 0.3) is 32.9 Å². The Morgan fingerprint density at radius 3 is 2.27 bits per heavy atom. The van der Waals surface area contributed by atoms with Gasteiger partial charge in [0.2, 0.25) is 5.52 Å². The Labute approximate surface area is 237 Å². The molecule has 6 rings (SSSR count). The molecule has 0 amide bonds.